The van der Waals surface area contributed by atoms with E-state index < -0.39 is 6.10 Å². The van der Waals surface area contributed by atoms with Crippen LogP contribution in [0.15, 0.2) is 12.2 Å². The summed E-state index contributed by atoms with van der Waals surface area (Å²) in [5, 5.41) is 12.4. The van der Waals surface area contributed by atoms with Crippen molar-refractivity contribution in [3.8, 4) is 11.8 Å². The van der Waals surface area contributed by atoms with E-state index in [2.05, 4.69) is 64.9 Å². The summed E-state index contributed by atoms with van der Waals surface area (Å²) in [5.41, 5.74) is 1.96. The second-order valence-corrected chi connectivity index (χ2v) is 20.9. The molecule has 7 rings (SSSR count). The van der Waals surface area contributed by atoms with Gasteiger partial charge in [0.25, 0.3) is 0 Å². The fourth-order valence-electron chi connectivity index (χ4n) is 15.8. The van der Waals surface area contributed by atoms with Crippen LogP contribution in [0.3, 0.4) is 0 Å². The standard InChI is InChI=1S/C47H75NO3.ClH/c1-32(2)36-23-28-47(40(50)20-15-31-48(34-16-11-9-12-17-34)35-18-13-10-14-19-35)30-29-45(7)37(42(36)47)21-22-39-44(6)26-25-41(51-33(3)49)43(4,5)38(44)24-27-46(39,45)8;/h34-42,50H,1,9-14,16-19,21-31H2,2-8H3;1H/t36-,37+,38-,39+,40+,41-,42+,44-,45+,46+,47+;/m0./s1. The molecule has 4 nitrogen and oxygen atoms in total. The Bertz CT molecular complexity index is 1350. The Hall–Kier alpha value is -1.02. The number of hydrogen-bond acceptors (Lipinski definition) is 4. The summed E-state index contributed by atoms with van der Waals surface area (Å²) in [7, 11) is 0. The van der Waals surface area contributed by atoms with Gasteiger partial charge in [0, 0.05) is 29.8 Å². The van der Waals surface area contributed by atoms with Gasteiger partial charge in [0.05, 0.1) is 6.54 Å². The van der Waals surface area contributed by atoms with Gasteiger partial charge in [-0.15, -0.1) is 12.4 Å². The molecule has 0 unspecified atom stereocenters. The summed E-state index contributed by atoms with van der Waals surface area (Å²) in [5.74, 6) is 9.98. The number of rotatable bonds is 6. The second kappa shape index (κ2) is 15.1. The monoisotopic (exact) mass is 738 g/mol. The lowest BCUT2D eigenvalue weighted by Crippen LogP contribution is -2.67. The first-order valence-corrected chi connectivity index (χ1v) is 21.9. The zero-order valence-corrected chi connectivity index (χ0v) is 35.2. The minimum absolute atomic E-state index is 0. The van der Waals surface area contributed by atoms with Crippen LogP contribution >= 0.6 is 12.4 Å². The minimum Gasteiger partial charge on any atom is -0.462 e. The van der Waals surface area contributed by atoms with E-state index in [4.69, 9.17) is 4.74 Å². The molecule has 7 saturated carbocycles. The summed E-state index contributed by atoms with van der Waals surface area (Å²) in [6.45, 7) is 22.2. The van der Waals surface area contributed by atoms with Crippen molar-refractivity contribution in [2.45, 2.75) is 201 Å². The van der Waals surface area contributed by atoms with Crippen molar-refractivity contribution >= 4 is 18.4 Å². The van der Waals surface area contributed by atoms with Crippen LogP contribution < -0.4 is 0 Å². The molecule has 0 saturated heterocycles. The molecule has 0 aliphatic heterocycles. The van der Waals surface area contributed by atoms with Crippen molar-refractivity contribution in [1.82, 2.24) is 4.90 Å². The van der Waals surface area contributed by atoms with Crippen molar-refractivity contribution in [3.05, 3.63) is 12.2 Å². The maximum absolute atomic E-state index is 12.4. The normalized spacial score (nSPS) is 43.7. The summed E-state index contributed by atoms with van der Waals surface area (Å²) in [4.78, 5) is 14.9. The Kier molecular flexibility index (Phi) is 11.8. The molecule has 11 atom stereocenters. The molecule has 294 valence electrons. The summed E-state index contributed by atoms with van der Waals surface area (Å²) in [6, 6.07) is 1.37. The number of carbonyl (C=O) groups is 1. The van der Waals surface area contributed by atoms with E-state index in [-0.39, 0.29) is 51.6 Å². The van der Waals surface area contributed by atoms with E-state index in [1.54, 1.807) is 6.92 Å². The Morgan fingerprint density at radius 3 is 2.00 bits per heavy atom. The van der Waals surface area contributed by atoms with Crippen LogP contribution in [0.5, 0.6) is 0 Å². The van der Waals surface area contributed by atoms with E-state index in [0.29, 0.717) is 41.7 Å². The molecule has 1 N–H and O–H groups in total. The van der Waals surface area contributed by atoms with Gasteiger partial charge in [0.1, 0.15) is 12.2 Å². The maximum atomic E-state index is 12.4. The second-order valence-electron chi connectivity index (χ2n) is 20.9. The molecule has 7 aliphatic carbocycles. The van der Waals surface area contributed by atoms with Crippen molar-refractivity contribution in [3.63, 3.8) is 0 Å². The van der Waals surface area contributed by atoms with E-state index in [1.165, 1.54) is 102 Å². The van der Waals surface area contributed by atoms with Gasteiger partial charge in [0.15, 0.2) is 0 Å². The lowest BCUT2D eigenvalue weighted by Gasteiger charge is -2.73. The molecule has 7 fully saturated rings. The summed E-state index contributed by atoms with van der Waals surface area (Å²) < 4.78 is 6.00. The predicted molar refractivity (Wildman–Crippen MR) is 216 cm³/mol. The third-order valence-corrected chi connectivity index (χ3v) is 18.5. The number of fused-ring (bicyclic) bond motifs is 7. The highest BCUT2D eigenvalue weighted by Crippen LogP contribution is 2.78. The molecule has 0 bridgehead atoms. The average Bonchev–Trinajstić information content (AvgIpc) is 3.50. The molecule has 0 aromatic carbocycles. The molecule has 0 radical (unpaired) electrons. The molecule has 52 heavy (non-hydrogen) atoms. The van der Waals surface area contributed by atoms with Gasteiger partial charge in [-0.1, -0.05) is 97.1 Å². The van der Waals surface area contributed by atoms with Crippen LogP contribution in [-0.4, -0.2) is 46.8 Å². The molecular formula is C47H76ClNO3. The van der Waals surface area contributed by atoms with Gasteiger partial charge in [0.2, 0.25) is 0 Å². The Labute approximate surface area is 325 Å². The van der Waals surface area contributed by atoms with Crippen LogP contribution in [0.1, 0.15) is 177 Å². The average molecular weight is 739 g/mol. The van der Waals surface area contributed by atoms with Gasteiger partial charge in [-0.3, -0.25) is 9.69 Å². The number of halogens is 1. The van der Waals surface area contributed by atoms with Crippen LogP contribution in [0.2, 0.25) is 0 Å². The van der Waals surface area contributed by atoms with E-state index >= 15 is 0 Å². The SMILES string of the molecule is C=C(C)[C@@H]1CC[C@]2([C@H](O)C#CCN(C3CCCCC3)C3CCCCC3)CC[C@]3(C)[C@H](CC[C@@H]4[C@@]5(C)CC[C@H](OC(C)=O)C(C)(C)[C@@H]5CC[C@]43C)[C@@H]12.Cl. The first-order chi connectivity index (χ1) is 24.2. The minimum atomic E-state index is -0.549. The van der Waals surface area contributed by atoms with Gasteiger partial charge < -0.3 is 9.84 Å². The molecule has 0 amide bonds. The molecule has 0 aromatic rings. The molecule has 5 heteroatoms. The highest BCUT2D eigenvalue weighted by Gasteiger charge is 2.71. The smallest absolute Gasteiger partial charge is 0.302 e. The van der Waals surface area contributed by atoms with Crippen molar-refractivity contribution < 1.29 is 14.6 Å². The maximum Gasteiger partial charge on any atom is 0.302 e. The Morgan fingerprint density at radius 1 is 0.769 bits per heavy atom. The number of carbonyl (C=O) groups excluding carboxylic acids is 1. The quantitative estimate of drug-likeness (QED) is 0.167. The van der Waals surface area contributed by atoms with Crippen molar-refractivity contribution in [1.29, 1.82) is 0 Å². The number of aliphatic hydroxyl groups is 1. The number of allylic oxidation sites excluding steroid dienone is 1. The fraction of sp³-hybridized carbons (Fsp3) is 0.894. The van der Waals surface area contributed by atoms with Gasteiger partial charge in [-0.2, -0.15) is 0 Å². The van der Waals surface area contributed by atoms with Crippen molar-refractivity contribution in [2.75, 3.05) is 6.54 Å². The zero-order chi connectivity index (χ0) is 36.4. The number of aliphatic hydroxyl groups excluding tert-OH is 1. The fourth-order valence-corrected chi connectivity index (χ4v) is 15.8. The van der Waals surface area contributed by atoms with Crippen LogP contribution in [-0.2, 0) is 9.53 Å². The third-order valence-electron chi connectivity index (χ3n) is 18.5. The lowest BCUT2D eigenvalue weighted by molar-refractivity contribution is -0.253. The molecule has 0 aromatic heterocycles. The number of esters is 1. The van der Waals surface area contributed by atoms with Gasteiger partial charge in [-0.05, 0) is 143 Å². The topological polar surface area (TPSA) is 49.8 Å². The zero-order valence-electron chi connectivity index (χ0n) is 34.4. The van der Waals surface area contributed by atoms with Gasteiger partial charge in [-0.25, -0.2) is 0 Å². The largest absolute Gasteiger partial charge is 0.462 e. The number of nitrogens with zero attached hydrogens (tertiary/aromatic N) is 1. The molecule has 0 heterocycles. The van der Waals surface area contributed by atoms with Crippen molar-refractivity contribution in [2.24, 2.45) is 56.7 Å². The Balaban J connectivity index is 0.00000464. The molecule has 0 spiro atoms. The first-order valence-electron chi connectivity index (χ1n) is 21.9. The van der Waals surface area contributed by atoms with E-state index in [9.17, 15) is 9.90 Å². The van der Waals surface area contributed by atoms with Crippen LogP contribution in [0.4, 0.5) is 0 Å². The summed E-state index contributed by atoms with van der Waals surface area (Å²) in [6.07, 6.45) is 24.8. The number of hydrogen-bond donors (Lipinski definition) is 1. The van der Waals surface area contributed by atoms with Crippen LogP contribution in [0.25, 0.3) is 0 Å². The van der Waals surface area contributed by atoms with Gasteiger partial charge >= 0.3 is 5.97 Å². The van der Waals surface area contributed by atoms with E-state index in [0.717, 1.165) is 38.6 Å². The highest BCUT2D eigenvalue weighted by molar-refractivity contribution is 5.85. The number of ether oxygens (including phenoxy) is 1. The lowest BCUT2D eigenvalue weighted by atomic mass is 9.32. The van der Waals surface area contributed by atoms with Crippen LogP contribution in [0, 0.1) is 68.5 Å². The Morgan fingerprint density at radius 2 is 1.40 bits per heavy atom. The highest BCUT2D eigenvalue weighted by atomic mass is 35.5. The third kappa shape index (κ3) is 6.47. The summed E-state index contributed by atoms with van der Waals surface area (Å²) >= 11 is 0. The first kappa shape index (κ1) is 40.6. The molecule has 7 aliphatic rings. The van der Waals surface area contributed by atoms with E-state index in [1.807, 2.05) is 0 Å². The predicted octanol–water partition coefficient (Wildman–Crippen LogP) is 11.3. The molecular weight excluding hydrogens is 662 g/mol.